The second kappa shape index (κ2) is 10.7. The number of nitrogens with zero attached hydrogens (tertiary/aromatic N) is 1. The van der Waals surface area contributed by atoms with Crippen LogP contribution < -0.4 is 10.6 Å². The van der Waals surface area contributed by atoms with Crippen molar-refractivity contribution in [2.24, 2.45) is 0 Å². The molecule has 3 aromatic carbocycles. The van der Waals surface area contributed by atoms with Gasteiger partial charge in [-0.2, -0.15) is 0 Å². The number of nitrogens with one attached hydrogen (secondary N) is 2. The maximum absolute atomic E-state index is 13.4. The van der Waals surface area contributed by atoms with Gasteiger partial charge in [-0.15, -0.1) is 0 Å². The zero-order valence-electron chi connectivity index (χ0n) is 17.9. The fourth-order valence-corrected chi connectivity index (χ4v) is 3.37. The lowest BCUT2D eigenvalue weighted by Gasteiger charge is -2.13. The summed E-state index contributed by atoms with van der Waals surface area (Å²) >= 11 is 0. The number of benzene rings is 3. The first-order valence-corrected chi connectivity index (χ1v) is 10.6. The van der Waals surface area contributed by atoms with Crippen LogP contribution in [-0.4, -0.2) is 16.8 Å². The number of hydrogen-bond acceptors (Lipinski definition) is 3. The van der Waals surface area contributed by atoms with Crippen LogP contribution in [0.1, 0.15) is 27.0 Å². The van der Waals surface area contributed by atoms with Crippen molar-refractivity contribution >= 4 is 29.2 Å². The van der Waals surface area contributed by atoms with Gasteiger partial charge in [-0.05, 0) is 41.0 Å². The van der Waals surface area contributed by atoms with E-state index in [1.165, 1.54) is 0 Å². The van der Waals surface area contributed by atoms with Crippen molar-refractivity contribution in [2.45, 2.75) is 6.54 Å². The molecule has 0 spiro atoms. The molecule has 2 amide bonds. The van der Waals surface area contributed by atoms with E-state index in [-0.39, 0.29) is 11.8 Å². The molecule has 0 bridgehead atoms. The molecule has 33 heavy (non-hydrogen) atoms. The maximum atomic E-state index is 13.4. The van der Waals surface area contributed by atoms with Crippen molar-refractivity contribution in [3.63, 3.8) is 0 Å². The minimum atomic E-state index is -0.294. The molecule has 0 fully saturated rings. The number of carbonyl (C=O) groups excluding carboxylic acids is 2. The summed E-state index contributed by atoms with van der Waals surface area (Å²) in [6.45, 7) is 0.345. The Morgan fingerprint density at radius 1 is 0.788 bits per heavy atom. The average molecular weight is 434 g/mol. The number of anilines is 1. The van der Waals surface area contributed by atoms with Gasteiger partial charge in [-0.1, -0.05) is 78.9 Å². The predicted molar refractivity (Wildman–Crippen MR) is 131 cm³/mol. The van der Waals surface area contributed by atoms with Crippen molar-refractivity contribution in [2.75, 3.05) is 5.32 Å². The van der Waals surface area contributed by atoms with Crippen molar-refractivity contribution in [3.05, 3.63) is 132 Å². The second-order valence-electron chi connectivity index (χ2n) is 7.38. The van der Waals surface area contributed by atoms with E-state index in [2.05, 4.69) is 15.6 Å². The van der Waals surface area contributed by atoms with Gasteiger partial charge in [0.25, 0.3) is 11.8 Å². The third-order valence-corrected chi connectivity index (χ3v) is 5.04. The molecule has 1 heterocycles. The Labute approximate surface area is 192 Å². The number of carbonyl (C=O) groups is 2. The molecule has 4 aromatic rings. The number of para-hydroxylation sites is 1. The molecule has 2 N–H and O–H groups in total. The molecule has 162 valence electrons. The molecule has 0 radical (unpaired) electrons. The Hall–Kier alpha value is -4.51. The van der Waals surface area contributed by atoms with Crippen LogP contribution in [0, 0.1) is 0 Å². The second-order valence-corrected chi connectivity index (χ2v) is 7.38. The van der Waals surface area contributed by atoms with Crippen LogP contribution in [0.25, 0.3) is 11.6 Å². The van der Waals surface area contributed by atoms with Crippen LogP contribution in [0.3, 0.4) is 0 Å². The van der Waals surface area contributed by atoms with E-state index in [4.69, 9.17) is 0 Å². The van der Waals surface area contributed by atoms with Crippen LogP contribution in [-0.2, 0) is 11.3 Å². The van der Waals surface area contributed by atoms with Gasteiger partial charge in [0.15, 0.2) is 0 Å². The predicted octanol–water partition coefficient (Wildman–Crippen LogP) is 5.19. The zero-order chi connectivity index (χ0) is 22.9. The molecule has 0 unspecified atom stereocenters. The van der Waals surface area contributed by atoms with Crippen LogP contribution in [0.4, 0.5) is 5.69 Å². The Bertz CT molecular complexity index is 1250. The molecule has 0 atom stereocenters. The SMILES string of the molecule is O=C(Nc1ccccc1C(=O)NCc1cccnc1)/C(=C\c1ccccc1)c1ccccc1. The summed E-state index contributed by atoms with van der Waals surface area (Å²) in [5, 5.41) is 5.81. The smallest absolute Gasteiger partial charge is 0.256 e. The minimum Gasteiger partial charge on any atom is -0.348 e. The number of pyridine rings is 1. The van der Waals surface area contributed by atoms with Crippen molar-refractivity contribution in [1.82, 2.24) is 10.3 Å². The van der Waals surface area contributed by atoms with E-state index in [0.717, 1.165) is 16.7 Å². The van der Waals surface area contributed by atoms with Gasteiger partial charge in [-0.3, -0.25) is 14.6 Å². The molecule has 0 saturated carbocycles. The van der Waals surface area contributed by atoms with E-state index in [1.54, 1.807) is 36.7 Å². The van der Waals surface area contributed by atoms with E-state index >= 15 is 0 Å². The number of aromatic nitrogens is 1. The molecule has 0 aliphatic carbocycles. The maximum Gasteiger partial charge on any atom is 0.256 e. The van der Waals surface area contributed by atoms with E-state index in [1.807, 2.05) is 78.9 Å². The topological polar surface area (TPSA) is 71.1 Å². The van der Waals surface area contributed by atoms with Crippen LogP contribution in [0.5, 0.6) is 0 Å². The third-order valence-electron chi connectivity index (χ3n) is 5.04. The Balaban J connectivity index is 1.58. The van der Waals surface area contributed by atoms with Gasteiger partial charge < -0.3 is 10.6 Å². The van der Waals surface area contributed by atoms with Crippen LogP contribution in [0.15, 0.2) is 109 Å². The zero-order valence-corrected chi connectivity index (χ0v) is 17.9. The van der Waals surface area contributed by atoms with Crippen molar-refractivity contribution in [1.29, 1.82) is 0 Å². The standard InChI is InChI=1S/C28H23N3O2/c32-27(30-20-22-12-9-17-29-19-22)24-15-7-8-16-26(24)31-28(33)25(23-13-5-2-6-14-23)18-21-10-3-1-4-11-21/h1-19H,20H2,(H,30,32)(H,31,33)/b25-18-. The number of hydrogen-bond donors (Lipinski definition) is 2. The molecular formula is C28H23N3O2. The Morgan fingerprint density at radius 2 is 1.48 bits per heavy atom. The molecule has 5 heteroatoms. The molecule has 0 aliphatic heterocycles. The van der Waals surface area contributed by atoms with Crippen molar-refractivity contribution < 1.29 is 9.59 Å². The molecule has 5 nitrogen and oxygen atoms in total. The molecular weight excluding hydrogens is 410 g/mol. The summed E-state index contributed by atoms with van der Waals surface area (Å²) in [4.78, 5) is 30.3. The summed E-state index contributed by atoms with van der Waals surface area (Å²) in [7, 11) is 0. The number of rotatable bonds is 7. The van der Waals surface area contributed by atoms with Gasteiger partial charge in [-0.25, -0.2) is 0 Å². The first-order chi connectivity index (χ1) is 16.2. The van der Waals surface area contributed by atoms with Crippen molar-refractivity contribution in [3.8, 4) is 0 Å². The van der Waals surface area contributed by atoms with E-state index in [0.29, 0.717) is 23.4 Å². The normalized spacial score (nSPS) is 11.0. The van der Waals surface area contributed by atoms with Gasteiger partial charge in [0.1, 0.15) is 0 Å². The van der Waals surface area contributed by atoms with Crippen LogP contribution in [0.2, 0.25) is 0 Å². The van der Waals surface area contributed by atoms with Crippen LogP contribution >= 0.6 is 0 Å². The largest absolute Gasteiger partial charge is 0.348 e. The lowest BCUT2D eigenvalue weighted by atomic mass is 10.0. The van der Waals surface area contributed by atoms with Gasteiger partial charge in [0.2, 0.25) is 0 Å². The highest BCUT2D eigenvalue weighted by Gasteiger charge is 2.17. The van der Waals surface area contributed by atoms with Gasteiger partial charge in [0, 0.05) is 24.5 Å². The van der Waals surface area contributed by atoms with E-state index in [9.17, 15) is 9.59 Å². The van der Waals surface area contributed by atoms with Gasteiger partial charge in [0.05, 0.1) is 11.3 Å². The summed E-state index contributed by atoms with van der Waals surface area (Å²) in [5.41, 5.74) is 3.94. The lowest BCUT2D eigenvalue weighted by molar-refractivity contribution is -0.111. The monoisotopic (exact) mass is 433 g/mol. The third kappa shape index (κ3) is 5.80. The summed E-state index contributed by atoms with van der Waals surface area (Å²) < 4.78 is 0. The van der Waals surface area contributed by atoms with E-state index < -0.39 is 0 Å². The quantitative estimate of drug-likeness (QED) is 0.311. The average Bonchev–Trinajstić information content (AvgIpc) is 2.88. The fraction of sp³-hybridized carbons (Fsp3) is 0.0357. The molecule has 1 aromatic heterocycles. The van der Waals surface area contributed by atoms with Gasteiger partial charge >= 0.3 is 0 Å². The molecule has 0 saturated heterocycles. The fourth-order valence-electron chi connectivity index (χ4n) is 3.37. The first kappa shape index (κ1) is 21.7. The highest BCUT2D eigenvalue weighted by molar-refractivity contribution is 6.29. The number of amides is 2. The minimum absolute atomic E-state index is 0.275. The highest BCUT2D eigenvalue weighted by atomic mass is 16.2. The Morgan fingerprint density at radius 3 is 2.21 bits per heavy atom. The Kier molecular flexibility index (Phi) is 7.03. The summed E-state index contributed by atoms with van der Waals surface area (Å²) in [6, 6.07) is 29.8. The summed E-state index contributed by atoms with van der Waals surface area (Å²) in [5.74, 6) is -0.569. The highest BCUT2D eigenvalue weighted by Crippen LogP contribution is 2.22. The summed E-state index contributed by atoms with van der Waals surface area (Å²) in [6.07, 6.45) is 5.23. The first-order valence-electron chi connectivity index (χ1n) is 10.6. The molecule has 0 aliphatic rings. The molecule has 4 rings (SSSR count). The lowest BCUT2D eigenvalue weighted by Crippen LogP contribution is -2.25.